The highest BCUT2D eigenvalue weighted by Gasteiger charge is 2.32. The Morgan fingerprint density at radius 1 is 1.23 bits per heavy atom. The van der Waals surface area contributed by atoms with Crippen LogP contribution in [0.3, 0.4) is 0 Å². The van der Waals surface area contributed by atoms with Gasteiger partial charge in [0.2, 0.25) is 0 Å². The maximum Gasteiger partial charge on any atom is 0.264 e. The van der Waals surface area contributed by atoms with Crippen LogP contribution in [-0.4, -0.2) is 47.5 Å². The number of benzene rings is 1. The highest BCUT2D eigenvalue weighted by Crippen LogP contribution is 2.24. The van der Waals surface area contributed by atoms with E-state index in [-0.39, 0.29) is 17.9 Å². The van der Waals surface area contributed by atoms with Crippen molar-refractivity contribution >= 4 is 22.8 Å². The number of hydrogen-bond donors (Lipinski definition) is 1. The Labute approximate surface area is 153 Å². The lowest BCUT2D eigenvalue weighted by Gasteiger charge is -2.35. The summed E-state index contributed by atoms with van der Waals surface area (Å²) in [5.41, 5.74) is -0.262. The molecular formula is C17H17ClFN5O2. The first-order valence-electron chi connectivity index (χ1n) is 8.27. The van der Waals surface area contributed by atoms with Gasteiger partial charge >= 0.3 is 0 Å². The molecule has 136 valence electrons. The Balaban J connectivity index is 1.68. The molecule has 1 aliphatic heterocycles. The molecule has 0 amide bonds. The molecule has 0 radical (unpaired) electrons. The van der Waals surface area contributed by atoms with Crippen LogP contribution in [0.4, 0.5) is 4.39 Å². The van der Waals surface area contributed by atoms with Crippen molar-refractivity contribution in [2.24, 2.45) is 0 Å². The Hall–Kier alpha value is -2.29. The van der Waals surface area contributed by atoms with E-state index in [9.17, 15) is 14.3 Å². The minimum absolute atomic E-state index is 0.154. The van der Waals surface area contributed by atoms with E-state index in [0.717, 1.165) is 0 Å². The van der Waals surface area contributed by atoms with Gasteiger partial charge in [0.1, 0.15) is 17.5 Å². The quantitative estimate of drug-likeness (QED) is 0.703. The molecule has 0 bridgehead atoms. The van der Waals surface area contributed by atoms with Crippen LogP contribution in [0.2, 0.25) is 0 Å². The van der Waals surface area contributed by atoms with Crippen molar-refractivity contribution in [1.82, 2.24) is 23.8 Å². The van der Waals surface area contributed by atoms with Crippen LogP contribution in [0.1, 0.15) is 12.8 Å². The Morgan fingerprint density at radius 3 is 2.62 bits per heavy atom. The zero-order chi connectivity index (χ0) is 18.3. The van der Waals surface area contributed by atoms with Crippen LogP contribution >= 0.6 is 11.8 Å². The van der Waals surface area contributed by atoms with E-state index in [1.807, 2.05) is 0 Å². The summed E-state index contributed by atoms with van der Waals surface area (Å²) in [6, 6.07) is 5.78. The number of nitrogens with zero attached hydrogens (tertiary/aromatic N) is 5. The van der Waals surface area contributed by atoms with Gasteiger partial charge in [0.15, 0.2) is 5.65 Å². The van der Waals surface area contributed by atoms with Crippen molar-refractivity contribution in [1.29, 1.82) is 0 Å². The molecule has 0 atom stereocenters. The number of halogens is 2. The van der Waals surface area contributed by atoms with Gasteiger partial charge < -0.3 is 5.11 Å². The van der Waals surface area contributed by atoms with E-state index in [4.69, 9.17) is 11.8 Å². The zero-order valence-corrected chi connectivity index (χ0v) is 14.6. The number of fused-ring (bicyclic) bond motifs is 1. The van der Waals surface area contributed by atoms with Gasteiger partial charge in [-0.2, -0.15) is 5.10 Å². The van der Waals surface area contributed by atoms with E-state index in [1.54, 1.807) is 16.6 Å². The third kappa shape index (κ3) is 3.11. The van der Waals surface area contributed by atoms with Gasteiger partial charge in [-0.1, -0.05) is 0 Å². The molecule has 0 saturated carbocycles. The highest BCUT2D eigenvalue weighted by molar-refractivity contribution is 6.13. The van der Waals surface area contributed by atoms with E-state index >= 15 is 0 Å². The number of rotatable bonds is 3. The molecule has 1 aromatic carbocycles. The van der Waals surface area contributed by atoms with Crippen molar-refractivity contribution in [2.45, 2.75) is 25.0 Å². The van der Waals surface area contributed by atoms with Gasteiger partial charge in [0.25, 0.3) is 5.56 Å². The summed E-state index contributed by atoms with van der Waals surface area (Å²) < 4.78 is 17.6. The van der Waals surface area contributed by atoms with E-state index in [2.05, 4.69) is 10.1 Å². The third-order valence-corrected chi connectivity index (χ3v) is 5.07. The molecule has 1 saturated heterocycles. The fourth-order valence-electron chi connectivity index (χ4n) is 3.20. The molecule has 0 unspecified atom stereocenters. The molecule has 0 aliphatic carbocycles. The second-order valence-corrected chi connectivity index (χ2v) is 7.06. The Morgan fingerprint density at radius 2 is 1.92 bits per heavy atom. The van der Waals surface area contributed by atoms with E-state index < -0.39 is 5.60 Å². The molecule has 1 N–H and O–H groups in total. The van der Waals surface area contributed by atoms with Crippen molar-refractivity contribution in [2.75, 3.05) is 13.1 Å². The summed E-state index contributed by atoms with van der Waals surface area (Å²) in [4.78, 5) is 17.1. The first kappa shape index (κ1) is 17.1. The third-order valence-electron chi connectivity index (χ3n) is 4.73. The lowest BCUT2D eigenvalue weighted by molar-refractivity contribution is -0.0201. The van der Waals surface area contributed by atoms with Crippen LogP contribution in [0.15, 0.2) is 41.6 Å². The summed E-state index contributed by atoms with van der Waals surface area (Å²) >= 11 is 5.93. The normalized spacial score (nSPS) is 17.7. The predicted octanol–water partition coefficient (Wildman–Crippen LogP) is 1.70. The fraction of sp³-hybridized carbons (Fsp3) is 0.353. The molecule has 1 fully saturated rings. The smallest absolute Gasteiger partial charge is 0.264 e. The SMILES string of the molecule is O=c1c2cnn(-c3ccc(F)cc3)c2ncn1CC1(O)CCN(Cl)CC1. The van der Waals surface area contributed by atoms with Gasteiger partial charge in [0.05, 0.1) is 24.0 Å². The van der Waals surface area contributed by atoms with Crippen molar-refractivity contribution < 1.29 is 9.50 Å². The summed E-state index contributed by atoms with van der Waals surface area (Å²) in [5, 5.41) is 15.3. The topological polar surface area (TPSA) is 76.2 Å². The molecule has 7 nitrogen and oxygen atoms in total. The summed E-state index contributed by atoms with van der Waals surface area (Å²) in [5.74, 6) is -0.350. The van der Waals surface area contributed by atoms with Gasteiger partial charge in [-0.15, -0.1) is 0 Å². The summed E-state index contributed by atoms with van der Waals surface area (Å²) in [6.45, 7) is 1.27. The Kier molecular flexibility index (Phi) is 4.26. The van der Waals surface area contributed by atoms with Crippen LogP contribution in [0.25, 0.3) is 16.7 Å². The van der Waals surface area contributed by atoms with E-state index in [1.165, 1.54) is 33.9 Å². The van der Waals surface area contributed by atoms with Crippen LogP contribution < -0.4 is 5.56 Å². The first-order chi connectivity index (χ1) is 12.5. The first-order valence-corrected chi connectivity index (χ1v) is 8.61. The lowest BCUT2D eigenvalue weighted by atomic mass is 9.92. The van der Waals surface area contributed by atoms with Gasteiger partial charge in [0, 0.05) is 13.1 Å². The highest BCUT2D eigenvalue weighted by atomic mass is 35.5. The molecule has 9 heteroatoms. The monoisotopic (exact) mass is 377 g/mol. The van der Waals surface area contributed by atoms with E-state index in [0.29, 0.717) is 42.7 Å². The van der Waals surface area contributed by atoms with Gasteiger partial charge in [-0.05, 0) is 48.9 Å². The predicted molar refractivity (Wildman–Crippen MR) is 94.7 cm³/mol. The lowest BCUT2D eigenvalue weighted by Crippen LogP contribution is -2.45. The minimum Gasteiger partial charge on any atom is -0.388 e. The molecule has 26 heavy (non-hydrogen) atoms. The van der Waals surface area contributed by atoms with Crippen LogP contribution in [-0.2, 0) is 6.54 Å². The zero-order valence-electron chi connectivity index (χ0n) is 13.8. The molecule has 0 spiro atoms. The number of hydrogen-bond acceptors (Lipinski definition) is 5. The molecule has 3 aromatic rings. The second-order valence-electron chi connectivity index (χ2n) is 6.58. The average Bonchev–Trinajstić information content (AvgIpc) is 3.06. The molecule has 3 heterocycles. The summed E-state index contributed by atoms with van der Waals surface area (Å²) in [6.07, 6.45) is 3.82. The number of piperidine rings is 1. The molecule has 1 aliphatic rings. The minimum atomic E-state index is -0.989. The van der Waals surface area contributed by atoms with Crippen LogP contribution in [0, 0.1) is 5.82 Å². The number of aromatic nitrogens is 4. The standard InChI is InChI=1S/C17H17ClFN5O2/c18-23-7-5-17(26,6-8-23)10-22-11-20-15-14(16(22)25)9-21-24(15)13-3-1-12(19)2-4-13/h1-4,9,11,26H,5-8,10H2. The maximum atomic E-state index is 13.1. The largest absolute Gasteiger partial charge is 0.388 e. The maximum absolute atomic E-state index is 13.1. The van der Waals surface area contributed by atoms with Crippen molar-refractivity contribution in [3.63, 3.8) is 0 Å². The van der Waals surface area contributed by atoms with Crippen molar-refractivity contribution in [3.05, 3.63) is 53.0 Å². The summed E-state index contributed by atoms with van der Waals surface area (Å²) in [7, 11) is 0. The second kappa shape index (κ2) is 6.46. The molecule has 4 rings (SSSR count). The molecular weight excluding hydrogens is 361 g/mol. The van der Waals surface area contributed by atoms with Crippen molar-refractivity contribution in [3.8, 4) is 5.69 Å². The van der Waals surface area contributed by atoms with Crippen LogP contribution in [0.5, 0.6) is 0 Å². The Bertz CT molecular complexity index is 993. The average molecular weight is 378 g/mol. The van der Waals surface area contributed by atoms with Gasteiger partial charge in [-0.3, -0.25) is 9.36 Å². The fourth-order valence-corrected chi connectivity index (χ4v) is 3.37. The molecule has 2 aromatic heterocycles. The van der Waals surface area contributed by atoms with Gasteiger partial charge in [-0.25, -0.2) is 18.5 Å². The number of aliphatic hydroxyl groups is 1.